The van der Waals surface area contributed by atoms with Crippen molar-refractivity contribution in [2.75, 3.05) is 19.4 Å². The Balaban J connectivity index is 1.75. The lowest BCUT2D eigenvalue weighted by Crippen LogP contribution is -2.45. The Bertz CT molecular complexity index is 892. The van der Waals surface area contributed by atoms with Crippen molar-refractivity contribution in [3.8, 4) is 17.2 Å². The van der Waals surface area contributed by atoms with Gasteiger partial charge in [0.15, 0.2) is 0 Å². The fourth-order valence-corrected chi connectivity index (χ4v) is 4.23. The van der Waals surface area contributed by atoms with Crippen LogP contribution in [-0.4, -0.2) is 54.9 Å². The summed E-state index contributed by atoms with van der Waals surface area (Å²) in [7, 11) is -2.45. The zero-order chi connectivity index (χ0) is 19.4. The minimum absolute atomic E-state index is 0.0769. The number of carbonyl (C=O) groups excluding carboxylic acids is 1. The molecule has 0 radical (unpaired) electrons. The molecular formula is C18H23N3O5S. The molecule has 146 valence electrons. The first-order chi connectivity index (χ1) is 12.9. The number of hydrogen-bond donors (Lipinski definition) is 0. The van der Waals surface area contributed by atoms with Crippen LogP contribution >= 0.6 is 0 Å². The van der Waals surface area contributed by atoms with Gasteiger partial charge in [-0.3, -0.25) is 4.79 Å². The molecule has 9 heteroatoms. The lowest BCUT2D eigenvalue weighted by molar-refractivity contribution is -0.132. The number of sulfone groups is 1. The van der Waals surface area contributed by atoms with Gasteiger partial charge in [0.2, 0.25) is 21.6 Å². The van der Waals surface area contributed by atoms with Crippen molar-refractivity contribution < 1.29 is 22.4 Å². The molecule has 1 aliphatic heterocycles. The molecule has 0 spiro atoms. The quantitative estimate of drug-likeness (QED) is 0.742. The lowest BCUT2D eigenvalue weighted by atomic mass is 10.0. The van der Waals surface area contributed by atoms with Crippen LogP contribution in [0.2, 0.25) is 0 Å². The number of carbonyl (C=O) groups is 1. The fraction of sp³-hybridized carbons (Fsp3) is 0.500. The molecule has 3 rings (SSSR count). The van der Waals surface area contributed by atoms with Crippen molar-refractivity contribution in [2.24, 2.45) is 0 Å². The number of likely N-dealkylation sites (tertiary alicyclic amines) is 1. The predicted molar refractivity (Wildman–Crippen MR) is 98.0 cm³/mol. The first-order valence-electron chi connectivity index (χ1n) is 8.94. The SMILES string of the molecule is CCC1CCCCN1C(=O)CS(=O)(=O)c1nnc(-c2ccc(OC)cc2)o1. The lowest BCUT2D eigenvalue weighted by Gasteiger charge is -2.35. The van der Waals surface area contributed by atoms with Crippen molar-refractivity contribution in [1.82, 2.24) is 15.1 Å². The number of aromatic nitrogens is 2. The number of amides is 1. The van der Waals surface area contributed by atoms with Gasteiger partial charge < -0.3 is 14.1 Å². The van der Waals surface area contributed by atoms with E-state index < -0.39 is 26.7 Å². The van der Waals surface area contributed by atoms with Crippen molar-refractivity contribution in [3.63, 3.8) is 0 Å². The zero-order valence-corrected chi connectivity index (χ0v) is 16.2. The average molecular weight is 393 g/mol. The summed E-state index contributed by atoms with van der Waals surface area (Å²) in [4.78, 5) is 14.2. The van der Waals surface area contributed by atoms with Crippen molar-refractivity contribution in [3.05, 3.63) is 24.3 Å². The smallest absolute Gasteiger partial charge is 0.336 e. The fourth-order valence-electron chi connectivity index (χ4n) is 3.25. The van der Waals surface area contributed by atoms with E-state index in [1.54, 1.807) is 36.3 Å². The normalized spacial score (nSPS) is 17.7. The maximum atomic E-state index is 12.6. The van der Waals surface area contributed by atoms with Gasteiger partial charge in [-0.2, -0.15) is 0 Å². The van der Waals surface area contributed by atoms with E-state index in [0.29, 0.717) is 17.9 Å². The van der Waals surface area contributed by atoms with Crippen molar-refractivity contribution >= 4 is 15.7 Å². The maximum Gasteiger partial charge on any atom is 0.336 e. The van der Waals surface area contributed by atoms with Gasteiger partial charge >= 0.3 is 5.22 Å². The summed E-state index contributed by atoms with van der Waals surface area (Å²) in [6, 6.07) is 6.89. The third kappa shape index (κ3) is 4.29. The van der Waals surface area contributed by atoms with Crippen LogP contribution in [0.15, 0.2) is 33.9 Å². The van der Waals surface area contributed by atoms with Gasteiger partial charge in [-0.1, -0.05) is 12.0 Å². The van der Waals surface area contributed by atoms with Crippen LogP contribution in [0.3, 0.4) is 0 Å². The largest absolute Gasteiger partial charge is 0.497 e. The number of methoxy groups -OCH3 is 1. The molecule has 27 heavy (non-hydrogen) atoms. The van der Waals surface area contributed by atoms with Gasteiger partial charge in [-0.25, -0.2) is 8.42 Å². The molecule has 1 atom stereocenters. The molecule has 1 aromatic heterocycles. The molecule has 2 aromatic rings. The number of nitrogens with zero attached hydrogens (tertiary/aromatic N) is 3. The van der Waals surface area contributed by atoms with Gasteiger partial charge in [0, 0.05) is 18.2 Å². The number of hydrogen-bond acceptors (Lipinski definition) is 7. The van der Waals surface area contributed by atoms with E-state index in [-0.39, 0.29) is 11.9 Å². The molecule has 0 bridgehead atoms. The van der Waals surface area contributed by atoms with E-state index in [2.05, 4.69) is 10.2 Å². The second-order valence-electron chi connectivity index (χ2n) is 6.51. The van der Waals surface area contributed by atoms with E-state index in [1.165, 1.54) is 0 Å². The molecular weight excluding hydrogens is 370 g/mol. The van der Waals surface area contributed by atoms with E-state index in [0.717, 1.165) is 25.7 Å². The standard InChI is InChI=1S/C18H23N3O5S/c1-3-14-6-4-5-11-21(14)16(22)12-27(23,24)18-20-19-17(26-18)13-7-9-15(25-2)10-8-13/h7-10,14H,3-6,11-12H2,1-2H3. The summed E-state index contributed by atoms with van der Waals surface area (Å²) < 4.78 is 35.5. The Labute approximate surface area is 158 Å². The van der Waals surface area contributed by atoms with Crippen LogP contribution in [-0.2, 0) is 14.6 Å². The summed E-state index contributed by atoms with van der Waals surface area (Å²) in [6.45, 7) is 2.59. The number of ether oxygens (including phenoxy) is 1. The highest BCUT2D eigenvalue weighted by Gasteiger charge is 2.32. The predicted octanol–water partition coefficient (Wildman–Crippen LogP) is 2.31. The molecule has 1 aliphatic rings. The third-order valence-electron chi connectivity index (χ3n) is 4.74. The van der Waals surface area contributed by atoms with Crippen LogP contribution in [0.4, 0.5) is 0 Å². The summed E-state index contributed by atoms with van der Waals surface area (Å²) in [6.07, 6.45) is 3.67. The van der Waals surface area contributed by atoms with Gasteiger partial charge in [0.1, 0.15) is 11.5 Å². The Morgan fingerprint density at radius 3 is 2.67 bits per heavy atom. The summed E-state index contributed by atoms with van der Waals surface area (Å²) in [5, 5.41) is 6.90. The van der Waals surface area contributed by atoms with Crippen LogP contribution in [0.5, 0.6) is 5.75 Å². The molecule has 1 unspecified atom stereocenters. The van der Waals surface area contributed by atoms with Crippen LogP contribution in [0.25, 0.3) is 11.5 Å². The minimum Gasteiger partial charge on any atom is -0.497 e. The molecule has 1 saturated heterocycles. The van der Waals surface area contributed by atoms with Gasteiger partial charge in [0.05, 0.1) is 7.11 Å². The molecule has 2 heterocycles. The Hall–Kier alpha value is -2.42. The summed E-state index contributed by atoms with van der Waals surface area (Å²) in [5.41, 5.74) is 0.568. The van der Waals surface area contributed by atoms with E-state index in [4.69, 9.17) is 9.15 Å². The average Bonchev–Trinajstić information content (AvgIpc) is 3.19. The maximum absolute atomic E-state index is 12.6. The van der Waals surface area contributed by atoms with Gasteiger partial charge in [-0.15, -0.1) is 5.10 Å². The monoisotopic (exact) mass is 393 g/mol. The third-order valence-corrected chi connectivity index (χ3v) is 6.07. The Morgan fingerprint density at radius 2 is 2.00 bits per heavy atom. The van der Waals surface area contributed by atoms with Crippen LogP contribution < -0.4 is 4.74 Å². The van der Waals surface area contributed by atoms with Crippen molar-refractivity contribution in [2.45, 2.75) is 43.9 Å². The Morgan fingerprint density at radius 1 is 1.26 bits per heavy atom. The second-order valence-corrected chi connectivity index (χ2v) is 8.37. The topological polar surface area (TPSA) is 103 Å². The number of piperidine rings is 1. The highest BCUT2D eigenvalue weighted by Crippen LogP contribution is 2.24. The number of rotatable bonds is 6. The van der Waals surface area contributed by atoms with Gasteiger partial charge in [0.25, 0.3) is 0 Å². The molecule has 1 aromatic carbocycles. The van der Waals surface area contributed by atoms with E-state index in [9.17, 15) is 13.2 Å². The van der Waals surface area contributed by atoms with Crippen LogP contribution in [0.1, 0.15) is 32.6 Å². The molecule has 1 amide bonds. The molecule has 1 fully saturated rings. The first-order valence-corrected chi connectivity index (χ1v) is 10.6. The molecule has 0 aliphatic carbocycles. The molecule has 0 saturated carbocycles. The summed E-state index contributed by atoms with van der Waals surface area (Å²) >= 11 is 0. The number of benzene rings is 1. The van der Waals surface area contributed by atoms with E-state index in [1.807, 2.05) is 6.92 Å². The highest BCUT2D eigenvalue weighted by molar-refractivity contribution is 7.91. The highest BCUT2D eigenvalue weighted by atomic mass is 32.2. The van der Waals surface area contributed by atoms with Gasteiger partial charge in [-0.05, 0) is 49.9 Å². The van der Waals surface area contributed by atoms with Crippen LogP contribution in [0, 0.1) is 0 Å². The summed E-state index contributed by atoms with van der Waals surface area (Å²) in [5.74, 6) is -0.337. The second kappa shape index (κ2) is 8.08. The zero-order valence-electron chi connectivity index (χ0n) is 15.4. The molecule has 8 nitrogen and oxygen atoms in total. The van der Waals surface area contributed by atoms with E-state index >= 15 is 0 Å². The Kier molecular flexibility index (Phi) is 5.79. The first kappa shape index (κ1) is 19.3. The molecule has 0 N–H and O–H groups in total. The minimum atomic E-state index is -4.00. The van der Waals surface area contributed by atoms with Crippen molar-refractivity contribution in [1.29, 1.82) is 0 Å².